The molecule has 21 heavy (non-hydrogen) atoms. The van der Waals surface area contributed by atoms with Crippen molar-refractivity contribution in [1.82, 2.24) is 5.32 Å². The summed E-state index contributed by atoms with van der Waals surface area (Å²) < 4.78 is 28.1. The van der Waals surface area contributed by atoms with Gasteiger partial charge >= 0.3 is 0 Å². The van der Waals surface area contributed by atoms with E-state index in [-0.39, 0.29) is 23.5 Å². The van der Waals surface area contributed by atoms with E-state index in [2.05, 4.69) is 19.2 Å². The van der Waals surface area contributed by atoms with Crippen LogP contribution in [0.15, 0.2) is 18.2 Å². The highest BCUT2D eigenvalue weighted by Crippen LogP contribution is 2.25. The maximum atomic E-state index is 12.3. The molecule has 1 heterocycles. The van der Waals surface area contributed by atoms with Gasteiger partial charge in [-0.05, 0) is 30.0 Å². The number of methoxy groups -OCH3 is 1. The molecular weight excluding hydrogens is 290 g/mol. The average Bonchev–Trinajstić information content (AvgIpc) is 2.76. The van der Waals surface area contributed by atoms with Gasteiger partial charge in [0, 0.05) is 6.04 Å². The largest absolute Gasteiger partial charge is 0.496 e. The van der Waals surface area contributed by atoms with Crippen LogP contribution < -0.4 is 10.1 Å². The zero-order chi connectivity index (χ0) is 15.6. The lowest BCUT2D eigenvalue weighted by Gasteiger charge is -2.15. The van der Waals surface area contributed by atoms with Crippen molar-refractivity contribution in [3.8, 4) is 5.75 Å². The molecule has 0 radical (unpaired) electrons. The monoisotopic (exact) mass is 311 g/mol. The van der Waals surface area contributed by atoms with Gasteiger partial charge in [-0.2, -0.15) is 0 Å². The fourth-order valence-corrected chi connectivity index (χ4v) is 4.10. The maximum absolute atomic E-state index is 12.3. The van der Waals surface area contributed by atoms with E-state index >= 15 is 0 Å². The van der Waals surface area contributed by atoms with Crippen molar-refractivity contribution in [3.05, 3.63) is 29.3 Å². The summed E-state index contributed by atoms with van der Waals surface area (Å²) in [5.74, 6) is 0.728. The van der Waals surface area contributed by atoms with Gasteiger partial charge in [-0.3, -0.25) is 4.79 Å². The van der Waals surface area contributed by atoms with Crippen molar-refractivity contribution < 1.29 is 17.9 Å². The second-order valence-corrected chi connectivity index (χ2v) is 7.92. The molecule has 0 bridgehead atoms. The predicted octanol–water partition coefficient (Wildman–Crippen LogP) is 1.74. The molecule has 0 aliphatic carbocycles. The van der Waals surface area contributed by atoms with E-state index in [0.29, 0.717) is 23.7 Å². The van der Waals surface area contributed by atoms with Gasteiger partial charge in [0.15, 0.2) is 9.84 Å². The summed E-state index contributed by atoms with van der Waals surface area (Å²) in [6.45, 7) is 4.13. The molecule has 1 amide bonds. The summed E-state index contributed by atoms with van der Waals surface area (Å²) in [6, 6.07) is 5.17. The van der Waals surface area contributed by atoms with Gasteiger partial charge < -0.3 is 10.1 Å². The minimum absolute atomic E-state index is 0.0190. The normalized spacial score (nSPS) is 20.5. The molecule has 1 unspecified atom stereocenters. The number of ether oxygens (including phenoxy) is 1. The second kappa shape index (κ2) is 6.05. The topological polar surface area (TPSA) is 72.5 Å². The van der Waals surface area contributed by atoms with Gasteiger partial charge in [0.2, 0.25) is 0 Å². The molecule has 2 rings (SSSR count). The summed E-state index contributed by atoms with van der Waals surface area (Å²) in [7, 11) is -1.48. The Kier molecular flexibility index (Phi) is 4.56. The first-order valence-corrected chi connectivity index (χ1v) is 8.84. The third kappa shape index (κ3) is 3.75. The number of sulfone groups is 1. The standard InChI is InChI=1S/C15H21NO4S/c1-10(2)11-4-5-13(14(8-11)20-3)15(17)16-12-6-7-21(18,19)9-12/h4-5,8,10,12H,6-7,9H2,1-3H3,(H,16,17). The minimum atomic E-state index is -3.00. The first kappa shape index (κ1) is 15.8. The van der Waals surface area contributed by atoms with Gasteiger partial charge in [0.05, 0.1) is 24.2 Å². The summed E-state index contributed by atoms with van der Waals surface area (Å²) in [6.07, 6.45) is 0.473. The lowest BCUT2D eigenvalue weighted by molar-refractivity contribution is 0.0938. The van der Waals surface area contributed by atoms with Crippen LogP contribution in [0, 0.1) is 0 Å². The summed E-state index contributed by atoms with van der Waals surface area (Å²) in [5, 5.41) is 2.78. The Bertz CT molecular complexity index is 637. The zero-order valence-corrected chi connectivity index (χ0v) is 13.4. The molecular formula is C15H21NO4S. The molecule has 1 atom stereocenters. The average molecular weight is 311 g/mol. The Morgan fingerprint density at radius 1 is 1.38 bits per heavy atom. The van der Waals surface area contributed by atoms with Crippen LogP contribution in [0.1, 0.15) is 42.1 Å². The Morgan fingerprint density at radius 3 is 2.62 bits per heavy atom. The molecule has 1 saturated heterocycles. The van der Waals surface area contributed by atoms with Crippen LogP contribution in [0.25, 0.3) is 0 Å². The number of rotatable bonds is 4. The Morgan fingerprint density at radius 2 is 2.10 bits per heavy atom. The molecule has 1 aliphatic rings. The minimum Gasteiger partial charge on any atom is -0.496 e. The van der Waals surface area contributed by atoms with Crippen LogP contribution in [0.2, 0.25) is 0 Å². The van der Waals surface area contributed by atoms with Crippen molar-refractivity contribution in [2.75, 3.05) is 18.6 Å². The molecule has 0 aromatic heterocycles. The van der Waals surface area contributed by atoms with Gasteiger partial charge in [0.25, 0.3) is 5.91 Å². The molecule has 5 nitrogen and oxygen atoms in total. The Balaban J connectivity index is 2.16. The summed E-state index contributed by atoms with van der Waals surface area (Å²) in [4.78, 5) is 12.3. The number of carbonyl (C=O) groups excluding carboxylic acids is 1. The quantitative estimate of drug-likeness (QED) is 0.919. The molecule has 1 aromatic rings. The van der Waals surface area contributed by atoms with Gasteiger partial charge in [0.1, 0.15) is 5.75 Å². The van der Waals surface area contributed by atoms with Crippen LogP contribution in [0.3, 0.4) is 0 Å². The second-order valence-electron chi connectivity index (χ2n) is 5.69. The lowest BCUT2D eigenvalue weighted by atomic mass is 10.0. The lowest BCUT2D eigenvalue weighted by Crippen LogP contribution is -2.35. The first-order chi connectivity index (χ1) is 9.82. The smallest absolute Gasteiger partial charge is 0.255 e. The van der Waals surface area contributed by atoms with Crippen molar-refractivity contribution in [1.29, 1.82) is 0 Å². The molecule has 1 aromatic carbocycles. The third-order valence-corrected chi connectivity index (χ3v) is 5.47. The maximum Gasteiger partial charge on any atom is 0.255 e. The van der Waals surface area contributed by atoms with Gasteiger partial charge in [-0.15, -0.1) is 0 Å². The van der Waals surface area contributed by atoms with E-state index in [1.54, 1.807) is 6.07 Å². The molecule has 1 fully saturated rings. The Labute approximate surface area is 125 Å². The zero-order valence-electron chi connectivity index (χ0n) is 12.5. The van der Waals surface area contributed by atoms with E-state index in [9.17, 15) is 13.2 Å². The van der Waals surface area contributed by atoms with Crippen LogP contribution in [0.4, 0.5) is 0 Å². The number of nitrogens with one attached hydrogen (secondary N) is 1. The van der Waals surface area contributed by atoms with Crippen LogP contribution in [-0.2, 0) is 9.84 Å². The number of carbonyl (C=O) groups is 1. The van der Waals surface area contributed by atoms with Gasteiger partial charge in [-0.1, -0.05) is 19.9 Å². The highest BCUT2D eigenvalue weighted by atomic mass is 32.2. The molecule has 0 saturated carbocycles. The van der Waals surface area contributed by atoms with Gasteiger partial charge in [-0.25, -0.2) is 8.42 Å². The highest BCUT2D eigenvalue weighted by Gasteiger charge is 2.29. The SMILES string of the molecule is COc1cc(C(C)C)ccc1C(=O)NC1CCS(=O)(=O)C1. The van der Waals surface area contributed by atoms with E-state index in [4.69, 9.17) is 4.74 Å². The van der Waals surface area contributed by atoms with E-state index in [1.165, 1.54) is 7.11 Å². The number of hydrogen-bond donors (Lipinski definition) is 1. The fourth-order valence-electron chi connectivity index (χ4n) is 2.43. The van der Waals surface area contributed by atoms with Crippen LogP contribution in [-0.4, -0.2) is 39.0 Å². The highest BCUT2D eigenvalue weighted by molar-refractivity contribution is 7.91. The number of hydrogen-bond acceptors (Lipinski definition) is 4. The summed E-state index contributed by atoms with van der Waals surface area (Å²) in [5.41, 5.74) is 1.53. The van der Waals surface area contributed by atoms with Crippen molar-refractivity contribution in [3.63, 3.8) is 0 Å². The summed E-state index contributed by atoms with van der Waals surface area (Å²) >= 11 is 0. The first-order valence-electron chi connectivity index (χ1n) is 7.01. The Hall–Kier alpha value is -1.56. The van der Waals surface area contributed by atoms with E-state index in [1.807, 2.05) is 12.1 Å². The molecule has 6 heteroatoms. The predicted molar refractivity (Wildman–Crippen MR) is 81.6 cm³/mol. The van der Waals surface area contributed by atoms with E-state index < -0.39 is 9.84 Å². The van der Waals surface area contributed by atoms with Crippen molar-refractivity contribution in [2.24, 2.45) is 0 Å². The molecule has 1 aliphatic heterocycles. The van der Waals surface area contributed by atoms with Crippen LogP contribution >= 0.6 is 0 Å². The van der Waals surface area contributed by atoms with Crippen molar-refractivity contribution in [2.45, 2.75) is 32.2 Å². The van der Waals surface area contributed by atoms with E-state index in [0.717, 1.165) is 5.56 Å². The number of benzene rings is 1. The van der Waals surface area contributed by atoms with Crippen LogP contribution in [0.5, 0.6) is 5.75 Å². The number of amides is 1. The molecule has 0 spiro atoms. The van der Waals surface area contributed by atoms with Crippen molar-refractivity contribution >= 4 is 15.7 Å². The molecule has 116 valence electrons. The molecule has 1 N–H and O–H groups in total. The fraction of sp³-hybridized carbons (Fsp3) is 0.533. The third-order valence-electron chi connectivity index (χ3n) is 3.70.